The highest BCUT2D eigenvalue weighted by Crippen LogP contribution is 2.35. The second-order valence-electron chi connectivity index (χ2n) is 8.11. The van der Waals surface area contributed by atoms with Crippen LogP contribution in [0.5, 0.6) is 0 Å². The zero-order valence-corrected chi connectivity index (χ0v) is 16.0. The smallest absolute Gasteiger partial charge is 0.229 e. The van der Waals surface area contributed by atoms with Gasteiger partial charge in [0.15, 0.2) is 0 Å². The van der Waals surface area contributed by atoms with E-state index in [1.54, 1.807) is 4.68 Å². The highest BCUT2D eigenvalue weighted by atomic mass is 16.2. The van der Waals surface area contributed by atoms with E-state index < -0.39 is 0 Å². The standard InChI is InChI=1S/C21H24N6O/c1-26-12-15(11-23-26)13-2-5-20-14(6-13)7-17(24-25-20)10-21(28)27-18-3-4-19(27)9-16(22)8-18/h2,5-7,11-12,16,18-19H,3-4,8-10,22H2,1H3/t16?,18-,19+. The third kappa shape index (κ3) is 3.05. The number of amides is 1. The summed E-state index contributed by atoms with van der Waals surface area (Å²) in [5.41, 5.74) is 9.81. The zero-order chi connectivity index (χ0) is 19.3. The lowest BCUT2D eigenvalue weighted by molar-refractivity contribution is -0.135. The monoisotopic (exact) mass is 376 g/mol. The number of aromatic nitrogens is 4. The molecule has 0 aliphatic carbocycles. The Morgan fingerprint density at radius 3 is 2.64 bits per heavy atom. The van der Waals surface area contributed by atoms with Gasteiger partial charge in [-0.25, -0.2) is 0 Å². The number of hydrogen-bond acceptors (Lipinski definition) is 5. The molecule has 1 unspecified atom stereocenters. The number of carbonyl (C=O) groups is 1. The third-order valence-corrected chi connectivity index (χ3v) is 6.06. The van der Waals surface area contributed by atoms with E-state index in [1.165, 1.54) is 0 Å². The summed E-state index contributed by atoms with van der Waals surface area (Å²) in [6, 6.07) is 8.87. The van der Waals surface area contributed by atoms with Gasteiger partial charge in [-0.1, -0.05) is 6.07 Å². The predicted molar refractivity (Wildman–Crippen MR) is 106 cm³/mol. The van der Waals surface area contributed by atoms with Gasteiger partial charge in [0.25, 0.3) is 0 Å². The van der Waals surface area contributed by atoms with Gasteiger partial charge in [0, 0.05) is 42.3 Å². The lowest BCUT2D eigenvalue weighted by atomic mass is 9.97. The molecule has 2 aromatic heterocycles. The SMILES string of the molecule is Cn1cc(-c2ccc3nnc(CC(=O)N4[C@@H]5CC[C@H]4CC(N)C5)cc3c2)cn1. The molecule has 7 nitrogen and oxygen atoms in total. The first-order valence-electron chi connectivity index (χ1n) is 9.89. The molecule has 28 heavy (non-hydrogen) atoms. The Bertz CT molecular complexity index is 1030. The van der Waals surface area contributed by atoms with E-state index in [2.05, 4.69) is 26.3 Å². The van der Waals surface area contributed by atoms with Crippen LogP contribution in [-0.2, 0) is 18.3 Å². The summed E-state index contributed by atoms with van der Waals surface area (Å²) >= 11 is 0. The van der Waals surface area contributed by atoms with Crippen molar-refractivity contribution in [1.29, 1.82) is 0 Å². The van der Waals surface area contributed by atoms with Crippen molar-refractivity contribution in [3.05, 3.63) is 42.4 Å². The first-order valence-corrected chi connectivity index (χ1v) is 9.89. The first kappa shape index (κ1) is 17.3. The minimum Gasteiger partial charge on any atom is -0.336 e. The van der Waals surface area contributed by atoms with Gasteiger partial charge in [0.1, 0.15) is 0 Å². The van der Waals surface area contributed by atoms with E-state index in [9.17, 15) is 4.79 Å². The molecule has 4 heterocycles. The average Bonchev–Trinajstić information content (AvgIpc) is 3.22. The van der Waals surface area contributed by atoms with Crippen LogP contribution in [-0.4, -0.2) is 48.9 Å². The molecule has 0 radical (unpaired) electrons. The quantitative estimate of drug-likeness (QED) is 0.756. The maximum Gasteiger partial charge on any atom is 0.229 e. The van der Waals surface area contributed by atoms with E-state index in [-0.39, 0.29) is 11.9 Å². The average molecular weight is 376 g/mol. The van der Waals surface area contributed by atoms with Crippen LogP contribution in [0.25, 0.3) is 22.0 Å². The zero-order valence-electron chi connectivity index (χ0n) is 16.0. The Labute approximate surface area is 163 Å². The van der Waals surface area contributed by atoms with Crippen LogP contribution in [0.3, 0.4) is 0 Å². The van der Waals surface area contributed by atoms with E-state index >= 15 is 0 Å². The van der Waals surface area contributed by atoms with Gasteiger partial charge < -0.3 is 10.6 Å². The van der Waals surface area contributed by atoms with Gasteiger partial charge in [-0.05, 0) is 49.4 Å². The lowest BCUT2D eigenvalue weighted by Gasteiger charge is -2.37. The topological polar surface area (TPSA) is 89.9 Å². The number of benzene rings is 1. The van der Waals surface area contributed by atoms with Gasteiger partial charge in [-0.3, -0.25) is 9.48 Å². The van der Waals surface area contributed by atoms with Crippen molar-refractivity contribution in [2.45, 2.75) is 50.2 Å². The first-order chi connectivity index (χ1) is 13.6. The molecule has 2 fully saturated rings. The van der Waals surface area contributed by atoms with E-state index in [0.717, 1.165) is 53.4 Å². The number of carbonyl (C=O) groups excluding carboxylic acids is 1. The van der Waals surface area contributed by atoms with Crippen molar-refractivity contribution in [2.24, 2.45) is 12.8 Å². The molecule has 0 spiro atoms. The van der Waals surface area contributed by atoms with Crippen LogP contribution in [0.1, 0.15) is 31.4 Å². The largest absolute Gasteiger partial charge is 0.336 e. The van der Waals surface area contributed by atoms with Crippen molar-refractivity contribution in [1.82, 2.24) is 24.9 Å². The van der Waals surface area contributed by atoms with Crippen molar-refractivity contribution >= 4 is 16.8 Å². The molecule has 2 aliphatic heterocycles. The Balaban J connectivity index is 1.39. The summed E-state index contributed by atoms with van der Waals surface area (Å²) in [5, 5.41) is 13.8. The molecule has 2 N–H and O–H groups in total. The van der Waals surface area contributed by atoms with Crippen molar-refractivity contribution in [2.75, 3.05) is 0 Å². The third-order valence-electron chi connectivity index (χ3n) is 6.06. The fourth-order valence-electron chi connectivity index (χ4n) is 4.80. The summed E-state index contributed by atoms with van der Waals surface area (Å²) in [6.07, 6.45) is 8.10. The normalized spacial score (nSPS) is 24.1. The van der Waals surface area contributed by atoms with Crippen LogP contribution in [0.15, 0.2) is 36.7 Å². The highest BCUT2D eigenvalue weighted by molar-refractivity contribution is 5.85. The molecule has 3 aromatic rings. The maximum atomic E-state index is 13.0. The van der Waals surface area contributed by atoms with Crippen LogP contribution >= 0.6 is 0 Å². The Hall–Kier alpha value is -2.80. The van der Waals surface area contributed by atoms with Crippen molar-refractivity contribution in [3.63, 3.8) is 0 Å². The van der Waals surface area contributed by atoms with Gasteiger partial charge in [-0.2, -0.15) is 15.3 Å². The molecule has 2 bridgehead atoms. The number of rotatable bonds is 3. The Kier molecular flexibility index (Phi) is 4.12. The van der Waals surface area contributed by atoms with Gasteiger partial charge in [0.2, 0.25) is 5.91 Å². The van der Waals surface area contributed by atoms with Gasteiger partial charge in [0.05, 0.1) is 23.8 Å². The highest BCUT2D eigenvalue weighted by Gasteiger charge is 2.42. The second-order valence-corrected chi connectivity index (χ2v) is 8.11. The molecule has 144 valence electrons. The number of fused-ring (bicyclic) bond motifs is 3. The van der Waals surface area contributed by atoms with E-state index in [0.29, 0.717) is 18.5 Å². The molecular formula is C21H24N6O. The molecular weight excluding hydrogens is 352 g/mol. The molecule has 2 saturated heterocycles. The van der Waals surface area contributed by atoms with E-state index in [1.807, 2.05) is 37.6 Å². The minimum atomic E-state index is 0.150. The fraction of sp³-hybridized carbons (Fsp3) is 0.429. The van der Waals surface area contributed by atoms with Crippen LogP contribution in [0.2, 0.25) is 0 Å². The number of piperidine rings is 1. The lowest BCUT2D eigenvalue weighted by Crippen LogP contribution is -2.50. The van der Waals surface area contributed by atoms with Crippen molar-refractivity contribution < 1.29 is 4.79 Å². The molecule has 5 rings (SSSR count). The molecule has 3 atom stereocenters. The summed E-state index contributed by atoms with van der Waals surface area (Å²) in [5.74, 6) is 0.150. The number of hydrogen-bond donors (Lipinski definition) is 1. The Morgan fingerprint density at radius 1 is 1.14 bits per heavy atom. The summed E-state index contributed by atoms with van der Waals surface area (Å²) in [7, 11) is 1.90. The minimum absolute atomic E-state index is 0.150. The summed E-state index contributed by atoms with van der Waals surface area (Å²) < 4.78 is 1.78. The molecule has 2 aliphatic rings. The molecule has 1 amide bonds. The fourth-order valence-corrected chi connectivity index (χ4v) is 4.80. The van der Waals surface area contributed by atoms with Gasteiger partial charge >= 0.3 is 0 Å². The second kappa shape index (κ2) is 6.67. The number of nitrogens with two attached hydrogens (primary N) is 1. The maximum absolute atomic E-state index is 13.0. The number of nitrogens with zero attached hydrogens (tertiary/aromatic N) is 5. The molecule has 0 saturated carbocycles. The summed E-state index contributed by atoms with van der Waals surface area (Å²) in [6.45, 7) is 0. The molecule has 7 heteroatoms. The van der Waals surface area contributed by atoms with Crippen LogP contribution in [0, 0.1) is 0 Å². The van der Waals surface area contributed by atoms with Crippen LogP contribution in [0.4, 0.5) is 0 Å². The number of aryl methyl sites for hydroxylation is 1. The molecule has 1 aromatic carbocycles. The van der Waals surface area contributed by atoms with Gasteiger partial charge in [-0.15, -0.1) is 0 Å². The Morgan fingerprint density at radius 2 is 1.93 bits per heavy atom. The van der Waals surface area contributed by atoms with E-state index in [4.69, 9.17) is 5.73 Å². The van der Waals surface area contributed by atoms with Crippen molar-refractivity contribution in [3.8, 4) is 11.1 Å². The summed E-state index contributed by atoms with van der Waals surface area (Å²) in [4.78, 5) is 15.0. The predicted octanol–water partition coefficient (Wildman–Crippen LogP) is 2.05. The van der Waals surface area contributed by atoms with Crippen LogP contribution < -0.4 is 5.73 Å².